The van der Waals surface area contributed by atoms with Gasteiger partial charge in [0.15, 0.2) is 5.82 Å². The minimum absolute atomic E-state index is 0.206. The number of aromatic nitrogens is 3. The van der Waals surface area contributed by atoms with Crippen molar-refractivity contribution < 1.29 is 19.4 Å². The summed E-state index contributed by atoms with van der Waals surface area (Å²) in [4.78, 5) is 20.4. The summed E-state index contributed by atoms with van der Waals surface area (Å²) in [6, 6.07) is 10.5. The molecule has 0 bridgehead atoms. The maximum absolute atomic E-state index is 11.4. The second-order valence-electron chi connectivity index (χ2n) is 6.53. The number of aromatic carboxylic acids is 1. The van der Waals surface area contributed by atoms with Crippen molar-refractivity contribution in [2.24, 2.45) is 0 Å². The number of benzene rings is 2. The first-order valence-electron chi connectivity index (χ1n) is 8.97. The molecule has 0 radical (unpaired) electrons. The van der Waals surface area contributed by atoms with Gasteiger partial charge in [0, 0.05) is 18.2 Å². The summed E-state index contributed by atoms with van der Waals surface area (Å²) in [7, 11) is 3.23. The number of carboxylic acids is 1. The van der Waals surface area contributed by atoms with E-state index in [-0.39, 0.29) is 5.56 Å². The van der Waals surface area contributed by atoms with E-state index >= 15 is 0 Å². The van der Waals surface area contributed by atoms with Gasteiger partial charge in [-0.2, -0.15) is 0 Å². The van der Waals surface area contributed by atoms with Crippen LogP contribution in [0.15, 0.2) is 42.6 Å². The third kappa shape index (κ3) is 3.29. The largest absolute Gasteiger partial charge is 0.497 e. The van der Waals surface area contributed by atoms with Crippen LogP contribution in [0.4, 0.5) is 5.82 Å². The normalized spacial score (nSPS) is 11.0. The number of methoxy groups -OCH3 is 2. The van der Waals surface area contributed by atoms with E-state index in [9.17, 15) is 9.90 Å². The lowest BCUT2D eigenvalue weighted by Gasteiger charge is -2.14. The number of rotatable bonds is 6. The van der Waals surface area contributed by atoms with Gasteiger partial charge in [-0.3, -0.25) is 4.40 Å². The zero-order chi connectivity index (χ0) is 20.5. The lowest BCUT2D eigenvalue weighted by molar-refractivity contribution is 0.0697. The number of ether oxygens (including phenoxy) is 2. The Hall–Kier alpha value is -3.81. The number of anilines is 1. The highest BCUT2D eigenvalue weighted by Gasteiger charge is 2.14. The van der Waals surface area contributed by atoms with E-state index in [0.717, 1.165) is 22.7 Å². The van der Waals surface area contributed by atoms with Crippen LogP contribution in [0, 0.1) is 6.92 Å². The molecule has 2 heterocycles. The van der Waals surface area contributed by atoms with Crippen molar-refractivity contribution in [1.82, 2.24) is 14.4 Å². The van der Waals surface area contributed by atoms with E-state index in [1.165, 1.54) is 0 Å². The smallest absolute Gasteiger partial charge is 0.335 e. The average molecular weight is 392 g/mol. The molecule has 8 heteroatoms. The van der Waals surface area contributed by atoms with Crippen molar-refractivity contribution in [2.75, 3.05) is 19.5 Å². The second-order valence-corrected chi connectivity index (χ2v) is 6.53. The fourth-order valence-corrected chi connectivity index (χ4v) is 3.33. The van der Waals surface area contributed by atoms with Gasteiger partial charge in [-0.1, -0.05) is 0 Å². The van der Waals surface area contributed by atoms with E-state index in [1.54, 1.807) is 38.6 Å². The quantitative estimate of drug-likeness (QED) is 0.518. The SMILES string of the molecule is COc1ccc(CNc2nc3ccc(C(=O)O)cc3n3c(C)ncc23)c(OC)c1. The Labute approximate surface area is 166 Å². The number of aryl methyl sites for hydroxylation is 1. The van der Waals surface area contributed by atoms with Crippen molar-refractivity contribution in [1.29, 1.82) is 0 Å². The van der Waals surface area contributed by atoms with E-state index < -0.39 is 5.97 Å². The zero-order valence-electron chi connectivity index (χ0n) is 16.3. The summed E-state index contributed by atoms with van der Waals surface area (Å²) in [5.41, 5.74) is 3.29. The Kier molecular flexibility index (Phi) is 4.67. The van der Waals surface area contributed by atoms with Crippen LogP contribution in [0.5, 0.6) is 11.5 Å². The van der Waals surface area contributed by atoms with Gasteiger partial charge in [0.2, 0.25) is 0 Å². The van der Waals surface area contributed by atoms with Crippen LogP contribution in [0.3, 0.4) is 0 Å². The first-order valence-corrected chi connectivity index (χ1v) is 8.97. The van der Waals surface area contributed by atoms with E-state index in [4.69, 9.17) is 14.5 Å². The standard InChI is InChI=1S/C21H20N4O4/c1-12-22-11-18-20(23-10-14-4-6-15(28-2)9-19(14)29-3)24-16-7-5-13(21(26)27)8-17(16)25(12)18/h4-9,11H,10H2,1-3H3,(H,23,24)(H,26,27). The first-order chi connectivity index (χ1) is 14.0. The number of nitrogens with one attached hydrogen (secondary N) is 1. The number of carboxylic acid groups (broad SMARTS) is 1. The predicted octanol–water partition coefficient (Wildman–Crippen LogP) is 3.52. The Morgan fingerprint density at radius 2 is 1.97 bits per heavy atom. The number of fused-ring (bicyclic) bond motifs is 3. The molecule has 2 aromatic carbocycles. The van der Waals surface area contributed by atoms with E-state index in [0.29, 0.717) is 29.1 Å². The van der Waals surface area contributed by atoms with Crippen LogP contribution in [0.2, 0.25) is 0 Å². The van der Waals surface area contributed by atoms with Crippen LogP contribution in [-0.2, 0) is 6.54 Å². The molecule has 2 aromatic heterocycles. The van der Waals surface area contributed by atoms with Crippen molar-refractivity contribution in [3.63, 3.8) is 0 Å². The molecule has 0 spiro atoms. The second kappa shape index (κ2) is 7.31. The highest BCUT2D eigenvalue weighted by atomic mass is 16.5. The van der Waals surface area contributed by atoms with Gasteiger partial charge in [-0.25, -0.2) is 14.8 Å². The molecule has 0 fully saturated rings. The minimum atomic E-state index is -0.980. The Bertz CT molecular complexity index is 1230. The Balaban J connectivity index is 1.76. The van der Waals surface area contributed by atoms with Gasteiger partial charge in [-0.15, -0.1) is 0 Å². The van der Waals surface area contributed by atoms with Crippen LogP contribution in [0.1, 0.15) is 21.7 Å². The predicted molar refractivity (Wildman–Crippen MR) is 109 cm³/mol. The third-order valence-corrected chi connectivity index (χ3v) is 4.82. The molecule has 4 rings (SSSR count). The number of nitrogens with zero attached hydrogens (tertiary/aromatic N) is 3. The van der Waals surface area contributed by atoms with Crippen molar-refractivity contribution >= 4 is 28.3 Å². The molecule has 0 unspecified atom stereocenters. The molecule has 2 N–H and O–H groups in total. The monoisotopic (exact) mass is 392 g/mol. The molecule has 0 aliphatic rings. The highest BCUT2D eigenvalue weighted by Crippen LogP contribution is 2.28. The molecule has 0 aliphatic heterocycles. The fourth-order valence-electron chi connectivity index (χ4n) is 3.33. The minimum Gasteiger partial charge on any atom is -0.497 e. The van der Waals surface area contributed by atoms with Gasteiger partial charge in [0.25, 0.3) is 0 Å². The van der Waals surface area contributed by atoms with Crippen LogP contribution < -0.4 is 14.8 Å². The summed E-state index contributed by atoms with van der Waals surface area (Å²) in [6.45, 7) is 2.36. The van der Waals surface area contributed by atoms with Gasteiger partial charge in [0.05, 0.1) is 37.0 Å². The average Bonchev–Trinajstić information content (AvgIpc) is 3.13. The molecule has 0 atom stereocenters. The molecule has 148 valence electrons. The number of carbonyl (C=O) groups is 1. The van der Waals surface area contributed by atoms with Gasteiger partial charge in [0.1, 0.15) is 22.8 Å². The fraction of sp³-hybridized carbons (Fsp3) is 0.190. The van der Waals surface area contributed by atoms with Gasteiger partial charge >= 0.3 is 5.97 Å². The number of imidazole rings is 1. The number of hydrogen-bond donors (Lipinski definition) is 2. The summed E-state index contributed by atoms with van der Waals surface area (Å²) in [6.07, 6.45) is 1.73. The maximum Gasteiger partial charge on any atom is 0.335 e. The summed E-state index contributed by atoms with van der Waals surface area (Å²) in [5.74, 6) is 1.85. The lowest BCUT2D eigenvalue weighted by Crippen LogP contribution is -2.07. The molecule has 0 saturated heterocycles. The summed E-state index contributed by atoms with van der Waals surface area (Å²) >= 11 is 0. The van der Waals surface area contributed by atoms with Gasteiger partial charge in [-0.05, 0) is 37.3 Å². The molecular formula is C21H20N4O4. The highest BCUT2D eigenvalue weighted by molar-refractivity contribution is 5.94. The number of hydrogen-bond acceptors (Lipinski definition) is 6. The van der Waals surface area contributed by atoms with Crippen molar-refractivity contribution in [3.05, 3.63) is 59.5 Å². The maximum atomic E-state index is 11.4. The van der Waals surface area contributed by atoms with Crippen molar-refractivity contribution in [3.8, 4) is 11.5 Å². The summed E-state index contributed by atoms with van der Waals surface area (Å²) in [5, 5.41) is 12.7. The van der Waals surface area contributed by atoms with Crippen LogP contribution in [-0.4, -0.2) is 39.7 Å². The third-order valence-electron chi connectivity index (χ3n) is 4.82. The molecule has 0 saturated carbocycles. The first kappa shape index (κ1) is 18.5. The molecule has 0 amide bonds. The van der Waals surface area contributed by atoms with Crippen LogP contribution >= 0.6 is 0 Å². The zero-order valence-corrected chi connectivity index (χ0v) is 16.3. The molecule has 0 aliphatic carbocycles. The van der Waals surface area contributed by atoms with Crippen LogP contribution in [0.25, 0.3) is 16.6 Å². The molecule has 29 heavy (non-hydrogen) atoms. The summed E-state index contributed by atoms with van der Waals surface area (Å²) < 4.78 is 12.6. The Morgan fingerprint density at radius 3 is 2.69 bits per heavy atom. The van der Waals surface area contributed by atoms with Gasteiger partial charge < -0.3 is 19.9 Å². The van der Waals surface area contributed by atoms with Crippen molar-refractivity contribution in [2.45, 2.75) is 13.5 Å². The molecule has 4 aromatic rings. The molecular weight excluding hydrogens is 372 g/mol. The Morgan fingerprint density at radius 1 is 1.14 bits per heavy atom. The molecule has 8 nitrogen and oxygen atoms in total. The van der Waals surface area contributed by atoms with E-state index in [2.05, 4.69) is 10.3 Å². The topological polar surface area (TPSA) is 98.0 Å². The lowest BCUT2D eigenvalue weighted by atomic mass is 10.2. The van der Waals surface area contributed by atoms with E-state index in [1.807, 2.05) is 29.5 Å².